The summed E-state index contributed by atoms with van der Waals surface area (Å²) in [6.07, 6.45) is 1.00. The maximum Gasteiger partial charge on any atom is 0.242 e. The fourth-order valence-electron chi connectivity index (χ4n) is 3.19. The Hall–Kier alpha value is -2.28. The molecule has 2 fully saturated rings. The van der Waals surface area contributed by atoms with Crippen molar-refractivity contribution in [3.05, 3.63) is 23.8 Å². The summed E-state index contributed by atoms with van der Waals surface area (Å²) in [6, 6.07) is 5.48. The van der Waals surface area contributed by atoms with Crippen LogP contribution in [0.15, 0.2) is 18.2 Å². The summed E-state index contributed by atoms with van der Waals surface area (Å²) in [6.45, 7) is 0.695. The fraction of sp³-hybridized carbons (Fsp3) is 0.556. The molecule has 1 N–H and O–H groups in total. The second kappa shape index (κ2) is 7.31. The van der Waals surface area contributed by atoms with Crippen LogP contribution in [0.4, 0.5) is 0 Å². The highest BCUT2D eigenvalue weighted by Gasteiger charge is 2.37. The Balaban J connectivity index is 1.76. The molecule has 2 aliphatic rings. The van der Waals surface area contributed by atoms with Crippen LogP contribution >= 0.6 is 0 Å². The van der Waals surface area contributed by atoms with E-state index in [-0.39, 0.29) is 37.4 Å². The minimum absolute atomic E-state index is 0.0126. The molecule has 0 spiro atoms. The summed E-state index contributed by atoms with van der Waals surface area (Å²) in [5, 5.41) is 10.3. The van der Waals surface area contributed by atoms with Crippen molar-refractivity contribution in [2.45, 2.75) is 25.5 Å². The molecule has 3 rings (SSSR count). The van der Waals surface area contributed by atoms with E-state index >= 15 is 0 Å². The van der Waals surface area contributed by atoms with Crippen molar-refractivity contribution in [3.8, 4) is 11.5 Å². The maximum absolute atomic E-state index is 12.6. The highest BCUT2D eigenvalue weighted by molar-refractivity contribution is 5.87. The van der Waals surface area contributed by atoms with E-state index in [9.17, 15) is 14.7 Å². The first kappa shape index (κ1) is 17.5. The summed E-state index contributed by atoms with van der Waals surface area (Å²) in [4.78, 5) is 28.0. The number of aliphatic hydroxyl groups is 1. The average molecular weight is 348 g/mol. The molecule has 1 saturated heterocycles. The molecule has 0 bridgehead atoms. The maximum atomic E-state index is 12.6. The molecular weight excluding hydrogens is 324 g/mol. The van der Waals surface area contributed by atoms with E-state index in [2.05, 4.69) is 0 Å². The number of hydrogen-bond acceptors (Lipinski definition) is 5. The van der Waals surface area contributed by atoms with Crippen LogP contribution in [0, 0.1) is 5.92 Å². The number of benzene rings is 1. The number of amides is 2. The number of hydrogen-bond donors (Lipinski definition) is 1. The van der Waals surface area contributed by atoms with E-state index < -0.39 is 6.10 Å². The van der Waals surface area contributed by atoms with Gasteiger partial charge in [-0.1, -0.05) is 12.1 Å². The Morgan fingerprint density at radius 2 is 2.00 bits per heavy atom. The van der Waals surface area contributed by atoms with Crippen molar-refractivity contribution in [3.63, 3.8) is 0 Å². The second-order valence-electron chi connectivity index (χ2n) is 6.57. The first-order valence-corrected chi connectivity index (χ1v) is 8.48. The van der Waals surface area contributed by atoms with Gasteiger partial charge in [0.05, 0.1) is 26.9 Å². The molecule has 136 valence electrons. The molecule has 1 aliphatic carbocycles. The average Bonchev–Trinajstić information content (AvgIpc) is 3.44. The third kappa shape index (κ3) is 3.87. The lowest BCUT2D eigenvalue weighted by Crippen LogP contribution is -2.40. The third-order valence-electron chi connectivity index (χ3n) is 4.63. The summed E-state index contributed by atoms with van der Waals surface area (Å²) >= 11 is 0. The van der Waals surface area contributed by atoms with E-state index in [1.807, 2.05) is 12.1 Å². The van der Waals surface area contributed by atoms with Gasteiger partial charge in [0.15, 0.2) is 11.5 Å². The standard InChI is InChI=1S/C18H24N2O5/c1-24-15-5-3-4-13(17(15)25-2)8-19-9-14(21)10-20(11-16(19)22)18(23)12-6-7-12/h3-5,12,14,21H,6-11H2,1-2H3. The summed E-state index contributed by atoms with van der Waals surface area (Å²) in [7, 11) is 3.11. The molecule has 1 aliphatic heterocycles. The predicted molar refractivity (Wildman–Crippen MR) is 90.3 cm³/mol. The largest absolute Gasteiger partial charge is 0.493 e. The molecule has 0 aromatic heterocycles. The zero-order valence-corrected chi connectivity index (χ0v) is 14.6. The van der Waals surface area contributed by atoms with Gasteiger partial charge in [-0.05, 0) is 18.9 Å². The SMILES string of the molecule is COc1cccc(CN2CC(O)CN(C(=O)C3CC3)CC2=O)c1OC. The second-order valence-corrected chi connectivity index (χ2v) is 6.57. The molecule has 7 nitrogen and oxygen atoms in total. The van der Waals surface area contributed by atoms with Gasteiger partial charge < -0.3 is 24.4 Å². The lowest BCUT2D eigenvalue weighted by molar-refractivity contribution is -0.139. The van der Waals surface area contributed by atoms with Gasteiger partial charge in [-0.25, -0.2) is 0 Å². The lowest BCUT2D eigenvalue weighted by Gasteiger charge is -2.23. The number of para-hydroxylation sites is 1. The third-order valence-corrected chi connectivity index (χ3v) is 4.63. The van der Waals surface area contributed by atoms with Gasteiger partial charge in [-0.15, -0.1) is 0 Å². The zero-order chi connectivity index (χ0) is 18.0. The number of ether oxygens (including phenoxy) is 2. The van der Waals surface area contributed by atoms with Crippen molar-refractivity contribution in [2.75, 3.05) is 33.9 Å². The van der Waals surface area contributed by atoms with Gasteiger partial charge in [0.1, 0.15) is 0 Å². The van der Waals surface area contributed by atoms with Crippen molar-refractivity contribution >= 4 is 11.8 Å². The van der Waals surface area contributed by atoms with Crippen molar-refractivity contribution < 1.29 is 24.2 Å². The van der Waals surface area contributed by atoms with Crippen LogP contribution in [-0.4, -0.2) is 66.7 Å². The number of β-amino-alcohol motifs (C(OH)–C–C–N with tert-alkyl or cyclic N) is 1. The number of carbonyl (C=O) groups is 2. The van der Waals surface area contributed by atoms with Crippen molar-refractivity contribution in [1.82, 2.24) is 9.80 Å². The Morgan fingerprint density at radius 3 is 2.64 bits per heavy atom. The molecule has 1 unspecified atom stereocenters. The Bertz CT molecular complexity index is 659. The van der Waals surface area contributed by atoms with Gasteiger partial charge in [0, 0.05) is 31.1 Å². The molecule has 1 saturated carbocycles. The van der Waals surface area contributed by atoms with E-state index in [0.717, 1.165) is 18.4 Å². The summed E-state index contributed by atoms with van der Waals surface area (Å²) in [5.74, 6) is 1.00. The number of methoxy groups -OCH3 is 2. The smallest absolute Gasteiger partial charge is 0.242 e. The first-order valence-electron chi connectivity index (χ1n) is 8.48. The molecule has 1 heterocycles. The van der Waals surface area contributed by atoms with Crippen LogP contribution in [0.2, 0.25) is 0 Å². The molecule has 2 amide bonds. The molecule has 1 aromatic rings. The van der Waals surface area contributed by atoms with E-state index in [1.165, 1.54) is 4.90 Å². The van der Waals surface area contributed by atoms with Gasteiger partial charge in [0.2, 0.25) is 11.8 Å². The number of rotatable bonds is 5. The normalized spacial score (nSPS) is 21.1. The summed E-state index contributed by atoms with van der Waals surface area (Å²) < 4.78 is 10.7. The number of carbonyl (C=O) groups excluding carboxylic acids is 2. The van der Waals surface area contributed by atoms with Crippen molar-refractivity contribution in [1.29, 1.82) is 0 Å². The number of aliphatic hydroxyl groups excluding tert-OH is 1. The predicted octanol–water partition coefficient (Wildman–Crippen LogP) is 0.645. The summed E-state index contributed by atoms with van der Waals surface area (Å²) in [5.41, 5.74) is 0.796. The molecule has 7 heteroatoms. The van der Waals surface area contributed by atoms with Crippen LogP contribution in [0.1, 0.15) is 18.4 Å². The van der Waals surface area contributed by atoms with Crippen LogP contribution in [0.5, 0.6) is 11.5 Å². The van der Waals surface area contributed by atoms with Gasteiger partial charge in [-0.3, -0.25) is 9.59 Å². The van der Waals surface area contributed by atoms with Gasteiger partial charge in [-0.2, -0.15) is 0 Å². The molecule has 25 heavy (non-hydrogen) atoms. The zero-order valence-electron chi connectivity index (χ0n) is 14.6. The molecule has 0 radical (unpaired) electrons. The van der Waals surface area contributed by atoms with E-state index in [0.29, 0.717) is 18.0 Å². The molecular formula is C18H24N2O5. The van der Waals surface area contributed by atoms with Gasteiger partial charge in [0.25, 0.3) is 0 Å². The Labute approximate surface area is 147 Å². The van der Waals surface area contributed by atoms with Crippen molar-refractivity contribution in [2.24, 2.45) is 5.92 Å². The van der Waals surface area contributed by atoms with Crippen LogP contribution < -0.4 is 9.47 Å². The highest BCUT2D eigenvalue weighted by Crippen LogP contribution is 2.33. The quantitative estimate of drug-likeness (QED) is 0.845. The Kier molecular flexibility index (Phi) is 5.13. The van der Waals surface area contributed by atoms with E-state index in [4.69, 9.17) is 9.47 Å². The van der Waals surface area contributed by atoms with Gasteiger partial charge >= 0.3 is 0 Å². The first-order chi connectivity index (χ1) is 12.0. The minimum Gasteiger partial charge on any atom is -0.493 e. The number of nitrogens with zero attached hydrogens (tertiary/aromatic N) is 2. The molecule has 1 atom stereocenters. The van der Waals surface area contributed by atoms with Crippen LogP contribution in [-0.2, 0) is 16.1 Å². The van der Waals surface area contributed by atoms with Crippen LogP contribution in [0.3, 0.4) is 0 Å². The van der Waals surface area contributed by atoms with Crippen LogP contribution in [0.25, 0.3) is 0 Å². The van der Waals surface area contributed by atoms with E-state index in [1.54, 1.807) is 25.2 Å². The highest BCUT2D eigenvalue weighted by atomic mass is 16.5. The lowest BCUT2D eigenvalue weighted by atomic mass is 10.1. The topological polar surface area (TPSA) is 79.3 Å². The molecule has 1 aromatic carbocycles. The Morgan fingerprint density at radius 1 is 1.24 bits per heavy atom. The fourth-order valence-corrected chi connectivity index (χ4v) is 3.19. The monoisotopic (exact) mass is 348 g/mol. The minimum atomic E-state index is -0.759.